The van der Waals surface area contributed by atoms with E-state index in [4.69, 9.17) is 0 Å². The minimum Gasteiger partial charge on any atom is -0.351 e. The van der Waals surface area contributed by atoms with Gasteiger partial charge in [-0.2, -0.15) is 11.8 Å². The van der Waals surface area contributed by atoms with Crippen LogP contribution in [0.2, 0.25) is 0 Å². The number of rotatable bonds is 10. The van der Waals surface area contributed by atoms with Crippen molar-refractivity contribution < 1.29 is 13.2 Å². The van der Waals surface area contributed by atoms with Crippen molar-refractivity contribution in [3.05, 3.63) is 100 Å². The Hall–Kier alpha value is -2.77. The van der Waals surface area contributed by atoms with Gasteiger partial charge >= 0.3 is 0 Å². The Labute approximate surface area is 207 Å². The number of para-hydroxylation sites is 1. The number of nitrogens with one attached hydrogen (secondary N) is 1. The van der Waals surface area contributed by atoms with Crippen LogP contribution in [0.5, 0.6) is 0 Å². The van der Waals surface area contributed by atoms with Gasteiger partial charge in [0, 0.05) is 23.6 Å². The molecule has 5 nitrogen and oxygen atoms in total. The Morgan fingerprint density at radius 2 is 1.56 bits per heavy atom. The first-order valence-electron chi connectivity index (χ1n) is 11.2. The first-order chi connectivity index (χ1) is 16.1. The molecule has 180 valence electrons. The molecule has 0 atom stereocenters. The molecule has 3 aromatic carbocycles. The minimum absolute atomic E-state index is 0.127. The molecule has 0 radical (unpaired) electrons. The maximum absolute atomic E-state index is 12.6. The number of nitrogens with zero attached hydrogens (tertiary/aromatic N) is 1. The summed E-state index contributed by atoms with van der Waals surface area (Å²) in [7, 11) is -3.48. The number of amides is 1. The Kier molecular flexibility index (Phi) is 8.80. The number of carbonyl (C=O) groups is 1. The Morgan fingerprint density at radius 1 is 0.912 bits per heavy atom. The first-order valence-corrected chi connectivity index (χ1v) is 14.2. The Balaban J connectivity index is 1.56. The molecule has 0 unspecified atom stereocenters. The fourth-order valence-corrected chi connectivity index (χ4v) is 5.63. The second-order valence-corrected chi connectivity index (χ2v) is 11.5. The number of aryl methyl sites for hydroxylation is 3. The molecular weight excluding hydrogens is 464 g/mol. The fourth-order valence-electron chi connectivity index (χ4n) is 3.82. The number of carbonyl (C=O) groups excluding carboxylic acids is 1. The summed E-state index contributed by atoms with van der Waals surface area (Å²) in [6, 6.07) is 21.3. The highest BCUT2D eigenvalue weighted by molar-refractivity contribution is 7.98. The molecule has 0 saturated heterocycles. The molecule has 1 N–H and O–H groups in total. The van der Waals surface area contributed by atoms with Gasteiger partial charge in [0.05, 0.1) is 18.5 Å². The van der Waals surface area contributed by atoms with Gasteiger partial charge in [0.15, 0.2) is 0 Å². The molecule has 3 aromatic rings. The molecule has 0 aromatic heterocycles. The number of benzene rings is 3. The van der Waals surface area contributed by atoms with E-state index in [0.717, 1.165) is 28.2 Å². The number of hydrogen-bond acceptors (Lipinski definition) is 4. The zero-order valence-electron chi connectivity index (χ0n) is 20.2. The molecule has 34 heavy (non-hydrogen) atoms. The topological polar surface area (TPSA) is 66.5 Å². The quantitative estimate of drug-likeness (QED) is 0.390. The molecule has 0 fully saturated rings. The second kappa shape index (κ2) is 11.6. The van der Waals surface area contributed by atoms with E-state index in [1.807, 2.05) is 44.2 Å². The van der Waals surface area contributed by atoms with Crippen molar-refractivity contribution in [1.29, 1.82) is 0 Å². The van der Waals surface area contributed by atoms with Gasteiger partial charge in [-0.3, -0.25) is 9.10 Å². The highest BCUT2D eigenvalue weighted by Crippen LogP contribution is 2.28. The average Bonchev–Trinajstić information content (AvgIpc) is 2.78. The van der Waals surface area contributed by atoms with E-state index in [1.165, 1.54) is 21.7 Å². The van der Waals surface area contributed by atoms with Gasteiger partial charge in [0.1, 0.15) is 0 Å². The van der Waals surface area contributed by atoms with Gasteiger partial charge in [-0.1, -0.05) is 60.2 Å². The molecule has 0 aliphatic heterocycles. The molecule has 0 spiro atoms. The van der Waals surface area contributed by atoms with E-state index in [2.05, 4.69) is 36.5 Å². The maximum atomic E-state index is 12.6. The second-order valence-electron chi connectivity index (χ2n) is 8.50. The zero-order valence-corrected chi connectivity index (χ0v) is 21.8. The van der Waals surface area contributed by atoms with E-state index < -0.39 is 10.0 Å². The smallest absolute Gasteiger partial charge is 0.251 e. The van der Waals surface area contributed by atoms with Crippen LogP contribution in [-0.4, -0.2) is 32.9 Å². The molecule has 0 saturated carbocycles. The number of hydrogen-bond donors (Lipinski definition) is 1. The third-order valence-electron chi connectivity index (χ3n) is 5.51. The molecule has 0 bridgehead atoms. The summed E-state index contributed by atoms with van der Waals surface area (Å²) in [5.74, 6) is 1.62. The lowest BCUT2D eigenvalue weighted by Crippen LogP contribution is -2.30. The highest BCUT2D eigenvalue weighted by Gasteiger charge is 2.21. The van der Waals surface area contributed by atoms with Gasteiger partial charge in [0.25, 0.3) is 5.91 Å². The van der Waals surface area contributed by atoms with E-state index in [1.54, 1.807) is 23.9 Å². The first kappa shape index (κ1) is 25.8. The summed E-state index contributed by atoms with van der Waals surface area (Å²) >= 11 is 1.79. The summed E-state index contributed by atoms with van der Waals surface area (Å²) in [5.41, 5.74) is 6.43. The van der Waals surface area contributed by atoms with Crippen LogP contribution < -0.4 is 9.62 Å². The van der Waals surface area contributed by atoms with Crippen molar-refractivity contribution in [2.45, 2.75) is 33.1 Å². The van der Waals surface area contributed by atoms with Crippen molar-refractivity contribution in [3.8, 4) is 0 Å². The molecule has 0 heterocycles. The molecule has 7 heteroatoms. The third kappa shape index (κ3) is 7.11. The molecule has 3 rings (SSSR count). The number of sulfonamides is 1. The minimum atomic E-state index is -3.48. The summed E-state index contributed by atoms with van der Waals surface area (Å²) in [5, 5.41) is 2.96. The largest absolute Gasteiger partial charge is 0.351 e. The monoisotopic (exact) mass is 496 g/mol. The van der Waals surface area contributed by atoms with Gasteiger partial charge in [-0.05, 0) is 55.2 Å². The summed E-state index contributed by atoms with van der Waals surface area (Å²) < 4.78 is 26.5. The van der Waals surface area contributed by atoms with Gasteiger partial charge in [0.2, 0.25) is 10.0 Å². The summed E-state index contributed by atoms with van der Waals surface area (Å²) in [6.07, 6.45) is 1.22. The van der Waals surface area contributed by atoms with Gasteiger partial charge in [-0.15, -0.1) is 0 Å². The van der Waals surface area contributed by atoms with Crippen LogP contribution in [-0.2, 0) is 22.3 Å². The zero-order chi connectivity index (χ0) is 24.7. The SMILES string of the molecule is Cc1cccc(CSCCNC(=O)c2ccc(CN(c3c(C)cccc3C)S(C)(=O)=O)cc2)c1. The average molecular weight is 497 g/mol. The van der Waals surface area contributed by atoms with Crippen LogP contribution in [0.25, 0.3) is 0 Å². The van der Waals surface area contributed by atoms with Crippen LogP contribution >= 0.6 is 11.8 Å². The van der Waals surface area contributed by atoms with Crippen molar-refractivity contribution in [3.63, 3.8) is 0 Å². The Morgan fingerprint density at radius 3 is 2.18 bits per heavy atom. The van der Waals surface area contributed by atoms with Crippen molar-refractivity contribution in [1.82, 2.24) is 5.32 Å². The Bertz CT molecular complexity index is 1220. The number of thioether (sulfide) groups is 1. The molecule has 0 aliphatic rings. The standard InChI is InChI=1S/C27H32N2O3S2/c1-20-7-5-10-24(17-20)19-33-16-15-28-27(30)25-13-11-23(12-14-25)18-29(34(4,31)32)26-21(2)8-6-9-22(26)3/h5-14,17H,15-16,18-19H2,1-4H3,(H,28,30). The van der Waals surface area contributed by atoms with Crippen LogP contribution in [0.3, 0.4) is 0 Å². The van der Waals surface area contributed by atoms with Crippen LogP contribution in [0.1, 0.15) is 38.2 Å². The maximum Gasteiger partial charge on any atom is 0.251 e. The molecule has 1 amide bonds. The van der Waals surface area contributed by atoms with Crippen LogP contribution in [0, 0.1) is 20.8 Å². The number of anilines is 1. The third-order valence-corrected chi connectivity index (χ3v) is 7.66. The lowest BCUT2D eigenvalue weighted by Gasteiger charge is -2.26. The van der Waals surface area contributed by atoms with E-state index in [-0.39, 0.29) is 12.5 Å². The lowest BCUT2D eigenvalue weighted by molar-refractivity contribution is 0.0956. The van der Waals surface area contributed by atoms with E-state index >= 15 is 0 Å². The highest BCUT2D eigenvalue weighted by atomic mass is 32.2. The van der Waals surface area contributed by atoms with Crippen molar-refractivity contribution >= 4 is 33.4 Å². The summed E-state index contributed by atoms with van der Waals surface area (Å²) in [6.45, 7) is 6.70. The molecular formula is C27H32N2O3S2. The van der Waals surface area contributed by atoms with E-state index in [9.17, 15) is 13.2 Å². The summed E-state index contributed by atoms with van der Waals surface area (Å²) in [4.78, 5) is 12.5. The normalized spacial score (nSPS) is 11.3. The van der Waals surface area contributed by atoms with Crippen molar-refractivity contribution in [2.24, 2.45) is 0 Å². The predicted octanol–water partition coefficient (Wildman–Crippen LogP) is 5.24. The molecule has 0 aliphatic carbocycles. The lowest BCUT2D eigenvalue weighted by atomic mass is 10.1. The van der Waals surface area contributed by atoms with E-state index in [0.29, 0.717) is 17.8 Å². The van der Waals surface area contributed by atoms with Gasteiger partial charge in [-0.25, -0.2) is 8.42 Å². The van der Waals surface area contributed by atoms with Crippen molar-refractivity contribution in [2.75, 3.05) is 22.9 Å². The predicted molar refractivity (Wildman–Crippen MR) is 143 cm³/mol. The van der Waals surface area contributed by atoms with Gasteiger partial charge < -0.3 is 5.32 Å². The fraction of sp³-hybridized carbons (Fsp3) is 0.296. The van der Waals surface area contributed by atoms with Crippen LogP contribution in [0.4, 0.5) is 5.69 Å². The van der Waals surface area contributed by atoms with Crippen LogP contribution in [0.15, 0.2) is 66.7 Å².